The molecule has 0 aliphatic carbocycles. The maximum absolute atomic E-state index is 10.7. The van der Waals surface area contributed by atoms with E-state index in [1.807, 2.05) is 0 Å². The van der Waals surface area contributed by atoms with Gasteiger partial charge in [-0.05, 0) is 19.1 Å². The minimum Gasteiger partial charge on any atom is -0.483 e. The van der Waals surface area contributed by atoms with E-state index in [1.165, 1.54) is 19.1 Å². The van der Waals surface area contributed by atoms with Crippen molar-refractivity contribution >= 4 is 40.6 Å². The number of hydrogen-bond acceptors (Lipinski definition) is 2. The smallest absolute Gasteiger partial charge is 0.167 e. The van der Waals surface area contributed by atoms with Gasteiger partial charge >= 0.3 is 0 Å². The average molecular weight is 254 g/mol. The molecule has 0 amide bonds. The third-order valence-electron chi connectivity index (χ3n) is 1.38. The van der Waals surface area contributed by atoms with Gasteiger partial charge in [0.15, 0.2) is 11.5 Å². The zero-order valence-electron chi connectivity index (χ0n) is 7.31. The maximum Gasteiger partial charge on any atom is 0.167 e. The number of hydrogen-bond donors (Lipinski definition) is 0. The molecule has 1 rings (SSSR count). The molecule has 1 aromatic carbocycles. The molecule has 0 aliphatic rings. The van der Waals surface area contributed by atoms with Crippen molar-refractivity contribution in [3.8, 4) is 5.75 Å². The molecule has 0 saturated heterocycles. The van der Waals surface area contributed by atoms with Crippen molar-refractivity contribution in [1.29, 1.82) is 0 Å². The highest BCUT2D eigenvalue weighted by atomic mass is 35.5. The zero-order valence-corrected chi connectivity index (χ0v) is 9.58. The standard InChI is InChI=1S/C9H7Cl3O2/c1-5(13)4-14-9-7(11)2-6(10)3-8(9)12/h2-3H,4H2,1H3. The second-order valence-corrected chi connectivity index (χ2v) is 3.94. The van der Waals surface area contributed by atoms with Crippen LogP contribution in [0.5, 0.6) is 5.75 Å². The number of Topliss-reactive ketones (excluding diaryl/α,β-unsaturated/α-hetero) is 1. The molecule has 0 fully saturated rings. The molecule has 0 saturated carbocycles. The number of ether oxygens (including phenoxy) is 1. The van der Waals surface area contributed by atoms with Crippen LogP contribution in [0, 0.1) is 0 Å². The molecule has 76 valence electrons. The van der Waals surface area contributed by atoms with Gasteiger partial charge < -0.3 is 4.74 Å². The quantitative estimate of drug-likeness (QED) is 0.822. The molecule has 0 aromatic heterocycles. The predicted octanol–water partition coefficient (Wildman–Crippen LogP) is 3.61. The minimum atomic E-state index is -0.105. The van der Waals surface area contributed by atoms with Crippen LogP contribution in [0.15, 0.2) is 12.1 Å². The summed E-state index contributed by atoms with van der Waals surface area (Å²) in [6.07, 6.45) is 0. The van der Waals surface area contributed by atoms with Crippen LogP contribution in [-0.4, -0.2) is 12.4 Å². The molecule has 2 nitrogen and oxygen atoms in total. The Balaban J connectivity index is 2.91. The van der Waals surface area contributed by atoms with E-state index in [0.29, 0.717) is 15.1 Å². The Kier molecular flexibility index (Phi) is 4.05. The highest BCUT2D eigenvalue weighted by Gasteiger charge is 2.09. The summed E-state index contributed by atoms with van der Waals surface area (Å²) in [7, 11) is 0. The number of carbonyl (C=O) groups excluding carboxylic acids is 1. The summed E-state index contributed by atoms with van der Waals surface area (Å²) in [5.41, 5.74) is 0. The SMILES string of the molecule is CC(=O)COc1c(Cl)cc(Cl)cc1Cl. The fraction of sp³-hybridized carbons (Fsp3) is 0.222. The van der Waals surface area contributed by atoms with E-state index < -0.39 is 0 Å². The Morgan fingerprint density at radius 2 is 1.79 bits per heavy atom. The molecule has 14 heavy (non-hydrogen) atoms. The van der Waals surface area contributed by atoms with Crippen LogP contribution in [0.4, 0.5) is 0 Å². The molecular formula is C9H7Cl3O2. The first kappa shape index (κ1) is 11.6. The Bertz CT molecular complexity index is 340. The van der Waals surface area contributed by atoms with Gasteiger partial charge in [0.1, 0.15) is 6.61 Å². The van der Waals surface area contributed by atoms with Gasteiger partial charge in [-0.15, -0.1) is 0 Å². The third-order valence-corrected chi connectivity index (χ3v) is 2.16. The summed E-state index contributed by atoms with van der Waals surface area (Å²) in [6, 6.07) is 3.01. The van der Waals surface area contributed by atoms with Crippen LogP contribution in [0.2, 0.25) is 15.1 Å². The van der Waals surface area contributed by atoms with Crippen LogP contribution >= 0.6 is 34.8 Å². The van der Waals surface area contributed by atoms with Crippen molar-refractivity contribution in [2.75, 3.05) is 6.61 Å². The highest BCUT2D eigenvalue weighted by molar-refractivity contribution is 6.40. The van der Waals surface area contributed by atoms with Crippen LogP contribution < -0.4 is 4.74 Å². The van der Waals surface area contributed by atoms with E-state index in [9.17, 15) is 4.79 Å². The number of benzene rings is 1. The molecule has 0 radical (unpaired) electrons. The van der Waals surface area contributed by atoms with Crippen LogP contribution in [0.1, 0.15) is 6.92 Å². The summed E-state index contributed by atoms with van der Waals surface area (Å²) in [6.45, 7) is 1.36. The van der Waals surface area contributed by atoms with Crippen molar-refractivity contribution < 1.29 is 9.53 Å². The Labute approximate surface area is 96.7 Å². The van der Waals surface area contributed by atoms with Gasteiger partial charge in [0.2, 0.25) is 0 Å². The van der Waals surface area contributed by atoms with Gasteiger partial charge in [0.05, 0.1) is 10.0 Å². The maximum atomic E-state index is 10.7. The van der Waals surface area contributed by atoms with E-state index in [1.54, 1.807) is 0 Å². The predicted molar refractivity (Wildman–Crippen MR) is 57.6 cm³/mol. The summed E-state index contributed by atoms with van der Waals surface area (Å²) in [5.74, 6) is 0.181. The largest absolute Gasteiger partial charge is 0.483 e. The van der Waals surface area contributed by atoms with Crippen LogP contribution in [0.3, 0.4) is 0 Å². The van der Waals surface area contributed by atoms with Crippen molar-refractivity contribution in [3.05, 3.63) is 27.2 Å². The van der Waals surface area contributed by atoms with Crippen molar-refractivity contribution in [1.82, 2.24) is 0 Å². The number of halogens is 3. The number of rotatable bonds is 3. The fourth-order valence-electron chi connectivity index (χ4n) is 0.841. The van der Waals surface area contributed by atoms with Gasteiger partial charge in [-0.3, -0.25) is 4.79 Å². The molecule has 0 atom stereocenters. The molecule has 5 heteroatoms. The molecule has 0 bridgehead atoms. The van der Waals surface area contributed by atoms with E-state index in [0.717, 1.165) is 0 Å². The van der Waals surface area contributed by atoms with Gasteiger partial charge in [0.25, 0.3) is 0 Å². The lowest BCUT2D eigenvalue weighted by Crippen LogP contribution is -2.07. The lowest BCUT2D eigenvalue weighted by atomic mass is 10.3. The average Bonchev–Trinajstić information content (AvgIpc) is 2.01. The molecule has 0 heterocycles. The second-order valence-electron chi connectivity index (χ2n) is 2.69. The molecule has 0 spiro atoms. The second kappa shape index (κ2) is 4.87. The molecule has 0 unspecified atom stereocenters. The monoisotopic (exact) mass is 252 g/mol. The van der Waals surface area contributed by atoms with Gasteiger partial charge in [-0.1, -0.05) is 34.8 Å². The van der Waals surface area contributed by atoms with E-state index in [-0.39, 0.29) is 18.1 Å². The lowest BCUT2D eigenvalue weighted by Gasteiger charge is -2.08. The summed E-state index contributed by atoms with van der Waals surface area (Å²) < 4.78 is 5.11. The number of ketones is 1. The minimum absolute atomic E-state index is 0.0545. The van der Waals surface area contributed by atoms with Crippen LogP contribution in [-0.2, 0) is 4.79 Å². The van der Waals surface area contributed by atoms with E-state index >= 15 is 0 Å². The Hall–Kier alpha value is -0.440. The number of carbonyl (C=O) groups is 1. The van der Waals surface area contributed by atoms with Gasteiger partial charge in [-0.2, -0.15) is 0 Å². The zero-order chi connectivity index (χ0) is 10.7. The Morgan fingerprint density at radius 3 is 2.21 bits per heavy atom. The molecular weight excluding hydrogens is 246 g/mol. The first-order valence-electron chi connectivity index (χ1n) is 3.77. The first-order valence-corrected chi connectivity index (χ1v) is 4.91. The first-order chi connectivity index (χ1) is 6.50. The van der Waals surface area contributed by atoms with E-state index in [2.05, 4.69) is 0 Å². The molecule has 0 aliphatic heterocycles. The van der Waals surface area contributed by atoms with Crippen molar-refractivity contribution in [2.24, 2.45) is 0 Å². The fourth-order valence-corrected chi connectivity index (χ4v) is 1.77. The summed E-state index contributed by atoms with van der Waals surface area (Å²) >= 11 is 17.3. The van der Waals surface area contributed by atoms with Crippen molar-refractivity contribution in [2.45, 2.75) is 6.92 Å². The van der Waals surface area contributed by atoms with Crippen molar-refractivity contribution in [3.63, 3.8) is 0 Å². The van der Waals surface area contributed by atoms with Gasteiger partial charge in [0, 0.05) is 5.02 Å². The third kappa shape index (κ3) is 3.05. The summed E-state index contributed by atoms with van der Waals surface area (Å²) in [5, 5.41) is 1.02. The topological polar surface area (TPSA) is 26.3 Å². The normalized spacial score (nSPS) is 10.0. The molecule has 1 aromatic rings. The highest BCUT2D eigenvalue weighted by Crippen LogP contribution is 2.35. The van der Waals surface area contributed by atoms with E-state index in [4.69, 9.17) is 39.5 Å². The molecule has 0 N–H and O–H groups in total. The summed E-state index contributed by atoms with van der Waals surface area (Å²) in [4.78, 5) is 10.7. The Morgan fingerprint density at radius 1 is 1.29 bits per heavy atom. The van der Waals surface area contributed by atoms with Crippen LogP contribution in [0.25, 0.3) is 0 Å². The van der Waals surface area contributed by atoms with Gasteiger partial charge in [-0.25, -0.2) is 0 Å². The lowest BCUT2D eigenvalue weighted by molar-refractivity contribution is -0.118.